The van der Waals surface area contributed by atoms with Crippen LogP contribution in [-0.4, -0.2) is 30.9 Å². The fraction of sp³-hybridized carbons (Fsp3) is 0.263. The van der Waals surface area contributed by atoms with Gasteiger partial charge in [0.2, 0.25) is 0 Å². The highest BCUT2D eigenvalue weighted by atomic mass is 79.9. The lowest BCUT2D eigenvalue weighted by Crippen LogP contribution is -2.24. The van der Waals surface area contributed by atoms with E-state index in [1.54, 1.807) is 12.1 Å². The second-order valence-electron chi connectivity index (χ2n) is 5.86. The maximum Gasteiger partial charge on any atom is 0.277 e. The van der Waals surface area contributed by atoms with Crippen LogP contribution in [-0.2, 0) is 4.79 Å². The summed E-state index contributed by atoms with van der Waals surface area (Å²) in [6.45, 7) is 4.06. The minimum atomic E-state index is -0.383. The minimum Gasteiger partial charge on any atom is -0.504 e. The van der Waals surface area contributed by atoms with E-state index in [1.165, 1.54) is 25.0 Å². The summed E-state index contributed by atoms with van der Waals surface area (Å²) in [5.41, 5.74) is 4.25. The average Bonchev–Trinajstić information content (AvgIpc) is 2.61. The van der Waals surface area contributed by atoms with E-state index in [4.69, 9.17) is 9.47 Å². The van der Waals surface area contributed by atoms with Crippen LogP contribution in [0.4, 0.5) is 0 Å². The van der Waals surface area contributed by atoms with E-state index in [9.17, 15) is 9.90 Å². The fourth-order valence-corrected chi connectivity index (χ4v) is 2.63. The van der Waals surface area contributed by atoms with E-state index >= 15 is 0 Å². The molecule has 0 fully saturated rings. The summed E-state index contributed by atoms with van der Waals surface area (Å²) in [6.07, 6.45) is 1.45. The Balaban J connectivity index is 1.87. The summed E-state index contributed by atoms with van der Waals surface area (Å²) >= 11 is 3.45. The number of carbonyl (C=O) groups excluding carboxylic acids is 1. The predicted octanol–water partition coefficient (Wildman–Crippen LogP) is 3.82. The molecule has 0 aromatic heterocycles. The van der Waals surface area contributed by atoms with Gasteiger partial charge in [-0.2, -0.15) is 5.10 Å². The first-order valence-corrected chi connectivity index (χ1v) is 8.81. The van der Waals surface area contributed by atoms with Crippen molar-refractivity contribution in [1.29, 1.82) is 0 Å². The number of hydrogen-bond donors (Lipinski definition) is 2. The van der Waals surface area contributed by atoms with Crippen molar-refractivity contribution in [2.75, 3.05) is 13.7 Å². The zero-order chi connectivity index (χ0) is 19.1. The largest absolute Gasteiger partial charge is 0.504 e. The van der Waals surface area contributed by atoms with Gasteiger partial charge in [0.05, 0.1) is 17.8 Å². The molecule has 0 spiro atoms. The third kappa shape index (κ3) is 5.49. The number of phenols is 1. The van der Waals surface area contributed by atoms with E-state index in [1.807, 2.05) is 18.2 Å². The lowest BCUT2D eigenvalue weighted by molar-refractivity contribution is -0.123. The lowest BCUT2D eigenvalue weighted by atomic mass is 10.0. The molecule has 0 saturated carbocycles. The molecule has 0 radical (unpaired) electrons. The number of nitrogens with zero attached hydrogens (tertiary/aromatic N) is 1. The molecule has 138 valence electrons. The first-order valence-electron chi connectivity index (χ1n) is 8.02. The SMILES string of the molecule is COc1cc(/C=N/NC(=O)COc2ccc(C(C)C)cc2Br)ccc1O. The number of hydrogen-bond acceptors (Lipinski definition) is 5. The first kappa shape index (κ1) is 19.8. The second-order valence-corrected chi connectivity index (χ2v) is 6.71. The molecule has 0 unspecified atom stereocenters. The van der Waals surface area contributed by atoms with Gasteiger partial charge in [0.15, 0.2) is 18.1 Å². The molecule has 26 heavy (non-hydrogen) atoms. The van der Waals surface area contributed by atoms with Gasteiger partial charge in [-0.15, -0.1) is 0 Å². The molecule has 2 N–H and O–H groups in total. The summed E-state index contributed by atoms with van der Waals surface area (Å²) in [7, 11) is 1.46. The van der Waals surface area contributed by atoms with Crippen molar-refractivity contribution in [2.24, 2.45) is 5.10 Å². The maximum atomic E-state index is 11.8. The molecule has 0 aliphatic rings. The van der Waals surface area contributed by atoms with E-state index in [0.717, 1.165) is 4.47 Å². The maximum absolute atomic E-state index is 11.8. The third-order valence-corrected chi connectivity index (χ3v) is 4.21. The molecule has 0 aliphatic carbocycles. The molecule has 2 aromatic rings. The topological polar surface area (TPSA) is 80.2 Å². The highest BCUT2D eigenvalue weighted by Crippen LogP contribution is 2.29. The standard InChI is InChI=1S/C19H21BrN2O4/c1-12(2)14-5-7-17(15(20)9-14)26-11-19(24)22-21-10-13-4-6-16(23)18(8-13)25-3/h4-10,12,23H,11H2,1-3H3,(H,22,24)/b21-10+. The number of phenolic OH excluding ortho intramolecular Hbond substituents is 1. The number of benzene rings is 2. The minimum absolute atomic E-state index is 0.0381. The highest BCUT2D eigenvalue weighted by Gasteiger charge is 2.08. The molecule has 0 bridgehead atoms. The number of rotatable bonds is 7. The van der Waals surface area contributed by atoms with E-state index in [0.29, 0.717) is 23.0 Å². The van der Waals surface area contributed by atoms with Crippen molar-refractivity contribution in [3.8, 4) is 17.2 Å². The molecule has 2 rings (SSSR count). The molecule has 0 heterocycles. The van der Waals surface area contributed by atoms with Gasteiger partial charge in [0.1, 0.15) is 5.75 Å². The van der Waals surface area contributed by atoms with Gasteiger partial charge in [0, 0.05) is 0 Å². The summed E-state index contributed by atoms with van der Waals surface area (Å²) in [5, 5.41) is 13.4. The molecule has 2 aromatic carbocycles. The fourth-order valence-electron chi connectivity index (χ4n) is 2.12. The third-order valence-electron chi connectivity index (χ3n) is 3.59. The van der Waals surface area contributed by atoms with Gasteiger partial charge < -0.3 is 14.6 Å². The van der Waals surface area contributed by atoms with Crippen molar-refractivity contribution in [3.05, 3.63) is 52.0 Å². The van der Waals surface area contributed by atoms with Crippen LogP contribution >= 0.6 is 15.9 Å². The molecule has 6 nitrogen and oxygen atoms in total. The molecular weight excluding hydrogens is 400 g/mol. The van der Waals surface area contributed by atoms with Gasteiger partial charge in [-0.25, -0.2) is 5.43 Å². The molecule has 0 aliphatic heterocycles. The van der Waals surface area contributed by atoms with Crippen LogP contribution in [0, 0.1) is 0 Å². The Kier molecular flexibility index (Phi) is 7.03. The van der Waals surface area contributed by atoms with Crippen LogP contribution in [0.2, 0.25) is 0 Å². The van der Waals surface area contributed by atoms with Crippen molar-refractivity contribution in [2.45, 2.75) is 19.8 Å². The zero-order valence-corrected chi connectivity index (χ0v) is 16.4. The van der Waals surface area contributed by atoms with E-state index in [-0.39, 0.29) is 18.3 Å². The number of nitrogens with one attached hydrogen (secondary N) is 1. The van der Waals surface area contributed by atoms with Crippen LogP contribution in [0.5, 0.6) is 17.2 Å². The number of aromatic hydroxyl groups is 1. The molecular formula is C19H21BrN2O4. The Morgan fingerprint density at radius 3 is 2.69 bits per heavy atom. The Bertz CT molecular complexity index is 806. The summed E-state index contributed by atoms with van der Waals surface area (Å²) in [5.74, 6) is 0.995. The Morgan fingerprint density at radius 1 is 1.27 bits per heavy atom. The van der Waals surface area contributed by atoms with Crippen molar-refractivity contribution in [1.82, 2.24) is 5.43 Å². The van der Waals surface area contributed by atoms with Crippen molar-refractivity contribution in [3.63, 3.8) is 0 Å². The second kappa shape index (κ2) is 9.24. The van der Waals surface area contributed by atoms with Crippen LogP contribution in [0.1, 0.15) is 30.9 Å². The van der Waals surface area contributed by atoms with Gasteiger partial charge >= 0.3 is 0 Å². The smallest absolute Gasteiger partial charge is 0.277 e. The van der Waals surface area contributed by atoms with Gasteiger partial charge in [-0.1, -0.05) is 19.9 Å². The number of halogens is 1. The van der Waals surface area contributed by atoms with Gasteiger partial charge in [-0.3, -0.25) is 4.79 Å². The predicted molar refractivity (Wildman–Crippen MR) is 104 cm³/mol. The van der Waals surface area contributed by atoms with E-state index < -0.39 is 0 Å². The highest BCUT2D eigenvalue weighted by molar-refractivity contribution is 9.10. The normalized spacial score (nSPS) is 11.0. The van der Waals surface area contributed by atoms with Gasteiger partial charge in [0.25, 0.3) is 5.91 Å². The Morgan fingerprint density at radius 2 is 2.04 bits per heavy atom. The Labute approximate surface area is 161 Å². The monoisotopic (exact) mass is 420 g/mol. The van der Waals surface area contributed by atoms with Crippen LogP contribution in [0.3, 0.4) is 0 Å². The van der Waals surface area contributed by atoms with Crippen LogP contribution in [0.25, 0.3) is 0 Å². The zero-order valence-electron chi connectivity index (χ0n) is 14.8. The number of carbonyl (C=O) groups is 1. The molecule has 0 saturated heterocycles. The number of amides is 1. The molecule has 7 heteroatoms. The summed E-state index contributed by atoms with van der Waals surface area (Å²) in [4.78, 5) is 11.8. The average molecular weight is 421 g/mol. The molecule has 1 amide bonds. The number of methoxy groups -OCH3 is 1. The quantitative estimate of drug-likeness (QED) is 0.526. The van der Waals surface area contributed by atoms with Crippen LogP contribution < -0.4 is 14.9 Å². The first-order chi connectivity index (χ1) is 12.4. The number of ether oxygens (including phenoxy) is 2. The van der Waals surface area contributed by atoms with Crippen molar-refractivity contribution < 1.29 is 19.4 Å². The lowest BCUT2D eigenvalue weighted by Gasteiger charge is -2.10. The van der Waals surface area contributed by atoms with Crippen LogP contribution in [0.15, 0.2) is 46.0 Å². The van der Waals surface area contributed by atoms with Crippen molar-refractivity contribution >= 4 is 28.1 Å². The van der Waals surface area contributed by atoms with E-state index in [2.05, 4.69) is 40.3 Å². The molecule has 0 atom stereocenters. The Hall–Kier alpha value is -2.54. The summed E-state index contributed by atoms with van der Waals surface area (Å²) in [6, 6.07) is 10.5. The van der Waals surface area contributed by atoms with Gasteiger partial charge in [-0.05, 0) is 63.3 Å². The summed E-state index contributed by atoms with van der Waals surface area (Å²) < 4.78 is 11.3. The number of hydrazone groups is 1.